The maximum absolute atomic E-state index is 4.52. The largest absolute Gasteiger partial charge is 0.299 e. The molecule has 1 fully saturated rings. The molecule has 1 atom stereocenters. The molecule has 0 bridgehead atoms. The molecule has 0 saturated carbocycles. The van der Waals surface area contributed by atoms with E-state index in [1.165, 1.54) is 37.9 Å². The van der Waals surface area contributed by atoms with Crippen molar-refractivity contribution in [1.82, 2.24) is 19.4 Å². The van der Waals surface area contributed by atoms with Gasteiger partial charge in [0.25, 0.3) is 0 Å². The standard InChI is InChI=1S/C16H22N4/c1-2-14-4-3-8-19(11-14)12-15-5-6-16(18-10-15)20-9-7-17-13-20/h5-7,9-10,13-14H,2-4,8,11-12H2,1H3. The number of imidazole rings is 1. The molecule has 4 heteroatoms. The number of rotatable bonds is 4. The van der Waals surface area contributed by atoms with E-state index in [1.54, 1.807) is 12.5 Å². The Balaban J connectivity index is 1.63. The van der Waals surface area contributed by atoms with Crippen molar-refractivity contribution in [3.63, 3.8) is 0 Å². The molecule has 4 nitrogen and oxygen atoms in total. The van der Waals surface area contributed by atoms with Gasteiger partial charge in [-0.15, -0.1) is 0 Å². The van der Waals surface area contributed by atoms with Gasteiger partial charge in [-0.3, -0.25) is 9.47 Å². The van der Waals surface area contributed by atoms with Gasteiger partial charge in [0.15, 0.2) is 0 Å². The minimum Gasteiger partial charge on any atom is -0.299 e. The molecule has 1 aliphatic heterocycles. The number of pyridine rings is 1. The van der Waals surface area contributed by atoms with E-state index in [0.29, 0.717) is 0 Å². The topological polar surface area (TPSA) is 34.0 Å². The monoisotopic (exact) mass is 270 g/mol. The van der Waals surface area contributed by atoms with E-state index >= 15 is 0 Å². The molecule has 0 amide bonds. The minimum atomic E-state index is 0.877. The van der Waals surface area contributed by atoms with E-state index in [4.69, 9.17) is 0 Å². The van der Waals surface area contributed by atoms with Crippen LogP contribution in [0.4, 0.5) is 0 Å². The van der Waals surface area contributed by atoms with Crippen molar-refractivity contribution >= 4 is 0 Å². The lowest BCUT2D eigenvalue weighted by Crippen LogP contribution is -2.34. The van der Waals surface area contributed by atoms with Crippen molar-refractivity contribution in [1.29, 1.82) is 0 Å². The van der Waals surface area contributed by atoms with Crippen molar-refractivity contribution < 1.29 is 0 Å². The highest BCUT2D eigenvalue weighted by atomic mass is 15.1. The van der Waals surface area contributed by atoms with Crippen LogP contribution < -0.4 is 0 Å². The number of nitrogens with zero attached hydrogens (tertiary/aromatic N) is 4. The summed E-state index contributed by atoms with van der Waals surface area (Å²) in [4.78, 5) is 11.1. The van der Waals surface area contributed by atoms with Gasteiger partial charge in [-0.2, -0.15) is 0 Å². The predicted molar refractivity (Wildman–Crippen MR) is 79.7 cm³/mol. The first-order valence-electron chi connectivity index (χ1n) is 7.50. The molecular weight excluding hydrogens is 248 g/mol. The Morgan fingerprint density at radius 1 is 1.35 bits per heavy atom. The summed E-state index contributed by atoms with van der Waals surface area (Å²) in [6.45, 7) is 5.78. The fourth-order valence-corrected chi connectivity index (χ4v) is 2.94. The molecule has 1 unspecified atom stereocenters. The summed E-state index contributed by atoms with van der Waals surface area (Å²) >= 11 is 0. The molecule has 20 heavy (non-hydrogen) atoms. The van der Waals surface area contributed by atoms with Crippen LogP contribution in [0.15, 0.2) is 37.1 Å². The molecule has 3 rings (SSSR count). The van der Waals surface area contributed by atoms with Gasteiger partial charge in [-0.25, -0.2) is 9.97 Å². The minimum absolute atomic E-state index is 0.877. The second-order valence-electron chi connectivity index (χ2n) is 5.65. The number of hydrogen-bond donors (Lipinski definition) is 0. The zero-order valence-corrected chi connectivity index (χ0v) is 12.1. The van der Waals surface area contributed by atoms with Crippen LogP contribution in [0.25, 0.3) is 5.82 Å². The predicted octanol–water partition coefficient (Wildman–Crippen LogP) is 2.89. The second-order valence-corrected chi connectivity index (χ2v) is 5.65. The maximum Gasteiger partial charge on any atom is 0.137 e. The Bertz CT molecular complexity index is 518. The van der Waals surface area contributed by atoms with Crippen LogP contribution in [0.3, 0.4) is 0 Å². The summed E-state index contributed by atoms with van der Waals surface area (Å²) in [5.41, 5.74) is 1.30. The molecule has 3 heterocycles. The highest BCUT2D eigenvalue weighted by Gasteiger charge is 2.18. The fraction of sp³-hybridized carbons (Fsp3) is 0.500. The Morgan fingerprint density at radius 3 is 3.00 bits per heavy atom. The number of aromatic nitrogens is 3. The van der Waals surface area contributed by atoms with E-state index in [-0.39, 0.29) is 0 Å². The van der Waals surface area contributed by atoms with Gasteiger partial charge in [0.1, 0.15) is 12.1 Å². The van der Waals surface area contributed by atoms with Gasteiger partial charge in [0, 0.05) is 31.7 Å². The number of hydrogen-bond acceptors (Lipinski definition) is 3. The lowest BCUT2D eigenvalue weighted by atomic mass is 9.95. The first kappa shape index (κ1) is 13.3. The Morgan fingerprint density at radius 2 is 2.30 bits per heavy atom. The molecule has 0 N–H and O–H groups in total. The van der Waals surface area contributed by atoms with E-state index in [1.807, 2.05) is 17.0 Å². The van der Waals surface area contributed by atoms with Crippen LogP contribution in [0.1, 0.15) is 31.7 Å². The van der Waals surface area contributed by atoms with E-state index in [9.17, 15) is 0 Å². The van der Waals surface area contributed by atoms with Crippen LogP contribution in [0, 0.1) is 5.92 Å². The summed E-state index contributed by atoms with van der Waals surface area (Å²) in [5.74, 6) is 1.80. The maximum atomic E-state index is 4.52. The molecular formula is C16H22N4. The summed E-state index contributed by atoms with van der Waals surface area (Å²) in [6, 6.07) is 4.25. The van der Waals surface area contributed by atoms with Gasteiger partial charge in [-0.05, 0) is 36.9 Å². The van der Waals surface area contributed by atoms with Crippen LogP contribution >= 0.6 is 0 Å². The van der Waals surface area contributed by atoms with Crippen molar-refractivity contribution in [3.8, 4) is 5.82 Å². The number of piperidine rings is 1. The zero-order chi connectivity index (χ0) is 13.8. The van der Waals surface area contributed by atoms with E-state index in [0.717, 1.165) is 18.3 Å². The van der Waals surface area contributed by atoms with Gasteiger partial charge < -0.3 is 0 Å². The first-order chi connectivity index (χ1) is 9.85. The highest BCUT2D eigenvalue weighted by Crippen LogP contribution is 2.20. The first-order valence-corrected chi connectivity index (χ1v) is 7.50. The van der Waals surface area contributed by atoms with Gasteiger partial charge in [0.05, 0.1) is 0 Å². The average molecular weight is 270 g/mol. The van der Waals surface area contributed by atoms with Crippen molar-refractivity contribution in [2.75, 3.05) is 13.1 Å². The normalized spacial score (nSPS) is 20.1. The van der Waals surface area contributed by atoms with Crippen LogP contribution in [-0.2, 0) is 6.54 Å². The van der Waals surface area contributed by atoms with Crippen molar-refractivity contribution in [2.24, 2.45) is 5.92 Å². The Labute approximate surface area is 120 Å². The smallest absolute Gasteiger partial charge is 0.137 e. The summed E-state index contributed by atoms with van der Waals surface area (Å²) < 4.78 is 1.93. The van der Waals surface area contributed by atoms with Crippen molar-refractivity contribution in [3.05, 3.63) is 42.6 Å². The molecule has 0 aromatic carbocycles. The molecule has 2 aromatic heterocycles. The SMILES string of the molecule is CCC1CCCN(Cc2ccc(-n3ccnc3)nc2)C1. The summed E-state index contributed by atoms with van der Waals surface area (Å²) in [7, 11) is 0. The van der Waals surface area contributed by atoms with Gasteiger partial charge in [0.2, 0.25) is 0 Å². The Hall–Kier alpha value is -1.68. The van der Waals surface area contributed by atoms with Crippen molar-refractivity contribution in [2.45, 2.75) is 32.7 Å². The molecule has 1 aliphatic rings. The third-order valence-electron chi connectivity index (χ3n) is 4.16. The fourth-order valence-electron chi connectivity index (χ4n) is 2.94. The molecule has 2 aromatic rings. The van der Waals surface area contributed by atoms with Crippen LogP contribution in [0.2, 0.25) is 0 Å². The zero-order valence-electron chi connectivity index (χ0n) is 12.1. The van der Waals surface area contributed by atoms with E-state index in [2.05, 4.69) is 33.9 Å². The molecule has 0 radical (unpaired) electrons. The van der Waals surface area contributed by atoms with Gasteiger partial charge in [-0.1, -0.05) is 19.4 Å². The van der Waals surface area contributed by atoms with E-state index < -0.39 is 0 Å². The second kappa shape index (κ2) is 6.18. The summed E-state index contributed by atoms with van der Waals surface area (Å²) in [6.07, 6.45) is 11.5. The van der Waals surface area contributed by atoms with Crippen LogP contribution in [0.5, 0.6) is 0 Å². The summed E-state index contributed by atoms with van der Waals surface area (Å²) in [5, 5.41) is 0. The average Bonchev–Trinajstić information content (AvgIpc) is 3.02. The molecule has 106 valence electrons. The highest BCUT2D eigenvalue weighted by molar-refractivity contribution is 5.25. The Kier molecular flexibility index (Phi) is 4.11. The third-order valence-corrected chi connectivity index (χ3v) is 4.16. The lowest BCUT2D eigenvalue weighted by Gasteiger charge is -2.32. The lowest BCUT2D eigenvalue weighted by molar-refractivity contribution is 0.164. The quantitative estimate of drug-likeness (QED) is 0.856. The number of likely N-dealkylation sites (tertiary alicyclic amines) is 1. The van der Waals surface area contributed by atoms with Crippen LogP contribution in [-0.4, -0.2) is 32.5 Å². The third kappa shape index (κ3) is 3.07. The van der Waals surface area contributed by atoms with Gasteiger partial charge >= 0.3 is 0 Å². The molecule has 0 spiro atoms. The molecule has 1 saturated heterocycles. The molecule has 0 aliphatic carbocycles.